The number of ether oxygens (including phenoxy) is 1. The lowest BCUT2D eigenvalue weighted by Gasteiger charge is -2.28. The van der Waals surface area contributed by atoms with Crippen LogP contribution in [0.3, 0.4) is 0 Å². The Kier molecular flexibility index (Phi) is 5.77. The van der Waals surface area contributed by atoms with Gasteiger partial charge in [-0.2, -0.15) is 0 Å². The second kappa shape index (κ2) is 6.86. The van der Waals surface area contributed by atoms with Crippen LogP contribution in [0.1, 0.15) is 33.6 Å². The molecule has 0 aromatic heterocycles. The molecule has 1 rings (SSSR count). The van der Waals surface area contributed by atoms with E-state index in [0.29, 0.717) is 19.3 Å². The van der Waals surface area contributed by atoms with Crippen LogP contribution in [0.5, 0.6) is 0 Å². The third-order valence-corrected chi connectivity index (χ3v) is 2.96. The predicted molar refractivity (Wildman–Crippen MR) is 64.3 cm³/mol. The van der Waals surface area contributed by atoms with E-state index in [2.05, 4.69) is 17.6 Å². The van der Waals surface area contributed by atoms with E-state index >= 15 is 0 Å². The molecule has 1 aliphatic rings. The van der Waals surface area contributed by atoms with E-state index in [-0.39, 0.29) is 17.9 Å². The highest BCUT2D eigenvalue weighted by Crippen LogP contribution is 2.16. The van der Waals surface area contributed by atoms with Crippen molar-refractivity contribution in [2.24, 2.45) is 5.92 Å². The zero-order valence-electron chi connectivity index (χ0n) is 10.6. The summed E-state index contributed by atoms with van der Waals surface area (Å²) in [6.07, 6.45) is 1.88. The summed E-state index contributed by atoms with van der Waals surface area (Å²) < 4.78 is 5.28. The van der Waals surface area contributed by atoms with Crippen molar-refractivity contribution in [3.63, 3.8) is 0 Å². The molecule has 1 fully saturated rings. The first-order valence-electron chi connectivity index (χ1n) is 6.25. The first-order valence-corrected chi connectivity index (χ1v) is 6.25. The molecule has 94 valence electrons. The van der Waals surface area contributed by atoms with Gasteiger partial charge in [-0.3, -0.25) is 4.79 Å². The van der Waals surface area contributed by atoms with E-state index in [9.17, 15) is 4.79 Å². The molecular weight excluding hydrogens is 204 g/mol. The van der Waals surface area contributed by atoms with Crippen LogP contribution in [0, 0.1) is 5.92 Å². The van der Waals surface area contributed by atoms with Gasteiger partial charge in [-0.05, 0) is 40.2 Å². The molecule has 1 aliphatic heterocycles. The molecule has 0 bridgehead atoms. The maximum Gasteiger partial charge on any atom is 0.223 e. The molecule has 0 aromatic rings. The molecule has 0 spiro atoms. The molecule has 2 N–H and O–H groups in total. The zero-order chi connectivity index (χ0) is 12.0. The molecule has 0 aliphatic carbocycles. The quantitative estimate of drug-likeness (QED) is 0.735. The summed E-state index contributed by atoms with van der Waals surface area (Å²) in [5.74, 6) is 0.348. The molecule has 4 heteroatoms. The Balaban J connectivity index is 2.27. The summed E-state index contributed by atoms with van der Waals surface area (Å²) in [6.45, 7) is 8.32. The smallest absolute Gasteiger partial charge is 0.223 e. The fourth-order valence-electron chi connectivity index (χ4n) is 2.07. The largest absolute Gasteiger partial charge is 0.380 e. The highest BCUT2D eigenvalue weighted by atomic mass is 16.5. The van der Waals surface area contributed by atoms with Gasteiger partial charge in [0.2, 0.25) is 5.91 Å². The molecule has 1 amide bonds. The standard InChI is InChI=1S/C12H24N2O2/c1-4-16-8-10(3)14-12(15)11-5-6-13-9(2)7-11/h9-11,13H,4-8H2,1-3H3,(H,14,15). The van der Waals surface area contributed by atoms with Crippen molar-refractivity contribution >= 4 is 5.91 Å². The topological polar surface area (TPSA) is 50.4 Å². The third kappa shape index (κ3) is 4.49. The zero-order valence-corrected chi connectivity index (χ0v) is 10.6. The second-order valence-corrected chi connectivity index (χ2v) is 4.65. The van der Waals surface area contributed by atoms with Gasteiger partial charge in [0.1, 0.15) is 0 Å². The Labute approximate surface area is 98.1 Å². The van der Waals surface area contributed by atoms with E-state index in [1.165, 1.54) is 0 Å². The first kappa shape index (κ1) is 13.5. The Morgan fingerprint density at radius 3 is 3.00 bits per heavy atom. The van der Waals surface area contributed by atoms with E-state index < -0.39 is 0 Å². The van der Waals surface area contributed by atoms with Gasteiger partial charge < -0.3 is 15.4 Å². The van der Waals surface area contributed by atoms with Crippen LogP contribution in [-0.4, -0.2) is 37.7 Å². The lowest BCUT2D eigenvalue weighted by molar-refractivity contribution is -0.127. The van der Waals surface area contributed by atoms with Gasteiger partial charge in [0.15, 0.2) is 0 Å². The molecule has 1 heterocycles. The van der Waals surface area contributed by atoms with Crippen LogP contribution >= 0.6 is 0 Å². The number of hydrogen-bond donors (Lipinski definition) is 2. The van der Waals surface area contributed by atoms with Gasteiger partial charge in [-0.25, -0.2) is 0 Å². The SMILES string of the molecule is CCOCC(C)NC(=O)C1CCNC(C)C1. The normalized spacial score (nSPS) is 27.4. The van der Waals surface area contributed by atoms with E-state index in [0.717, 1.165) is 19.4 Å². The number of carbonyl (C=O) groups excluding carboxylic acids is 1. The summed E-state index contributed by atoms with van der Waals surface area (Å²) >= 11 is 0. The van der Waals surface area contributed by atoms with E-state index in [4.69, 9.17) is 4.74 Å². The Hall–Kier alpha value is -0.610. The molecule has 0 saturated carbocycles. The van der Waals surface area contributed by atoms with Crippen molar-refractivity contribution in [1.29, 1.82) is 0 Å². The van der Waals surface area contributed by atoms with Gasteiger partial charge in [0.25, 0.3) is 0 Å². The minimum Gasteiger partial charge on any atom is -0.380 e. The predicted octanol–water partition coefficient (Wildman–Crippen LogP) is 0.916. The van der Waals surface area contributed by atoms with Gasteiger partial charge >= 0.3 is 0 Å². The molecule has 16 heavy (non-hydrogen) atoms. The third-order valence-electron chi connectivity index (χ3n) is 2.96. The Morgan fingerprint density at radius 2 is 2.38 bits per heavy atom. The monoisotopic (exact) mass is 228 g/mol. The molecule has 0 aromatic carbocycles. The lowest BCUT2D eigenvalue weighted by Crippen LogP contribution is -2.45. The molecule has 3 unspecified atom stereocenters. The number of rotatable bonds is 5. The van der Waals surface area contributed by atoms with Crippen LogP contribution < -0.4 is 10.6 Å². The van der Waals surface area contributed by atoms with Crippen molar-refractivity contribution in [3.05, 3.63) is 0 Å². The molecular formula is C12H24N2O2. The summed E-state index contributed by atoms with van der Waals surface area (Å²) in [5, 5.41) is 6.36. The van der Waals surface area contributed by atoms with Crippen LogP contribution in [0.2, 0.25) is 0 Å². The fraction of sp³-hybridized carbons (Fsp3) is 0.917. The van der Waals surface area contributed by atoms with Crippen molar-refractivity contribution in [3.8, 4) is 0 Å². The lowest BCUT2D eigenvalue weighted by atomic mass is 9.92. The van der Waals surface area contributed by atoms with Crippen LogP contribution in [-0.2, 0) is 9.53 Å². The summed E-state index contributed by atoms with van der Waals surface area (Å²) in [7, 11) is 0. The van der Waals surface area contributed by atoms with Crippen LogP contribution in [0.15, 0.2) is 0 Å². The van der Waals surface area contributed by atoms with Crippen molar-refractivity contribution in [2.75, 3.05) is 19.8 Å². The number of carbonyl (C=O) groups is 1. The van der Waals surface area contributed by atoms with E-state index in [1.54, 1.807) is 0 Å². The van der Waals surface area contributed by atoms with Crippen LogP contribution in [0.25, 0.3) is 0 Å². The number of hydrogen-bond acceptors (Lipinski definition) is 3. The minimum absolute atomic E-state index is 0.109. The highest BCUT2D eigenvalue weighted by Gasteiger charge is 2.25. The fourth-order valence-corrected chi connectivity index (χ4v) is 2.07. The molecule has 0 radical (unpaired) electrons. The van der Waals surface area contributed by atoms with Gasteiger partial charge in [0.05, 0.1) is 6.61 Å². The Bertz CT molecular complexity index is 221. The van der Waals surface area contributed by atoms with E-state index in [1.807, 2.05) is 13.8 Å². The first-order chi connectivity index (χ1) is 7.63. The minimum atomic E-state index is 0.109. The maximum absolute atomic E-state index is 11.9. The number of piperidine rings is 1. The van der Waals surface area contributed by atoms with Crippen LogP contribution in [0.4, 0.5) is 0 Å². The molecule has 3 atom stereocenters. The summed E-state index contributed by atoms with van der Waals surface area (Å²) in [6, 6.07) is 0.560. The average molecular weight is 228 g/mol. The van der Waals surface area contributed by atoms with Gasteiger partial charge in [-0.15, -0.1) is 0 Å². The van der Waals surface area contributed by atoms with Gasteiger partial charge in [0, 0.05) is 24.6 Å². The molecule has 4 nitrogen and oxygen atoms in total. The number of nitrogens with one attached hydrogen (secondary N) is 2. The number of amides is 1. The summed E-state index contributed by atoms with van der Waals surface area (Å²) in [4.78, 5) is 11.9. The molecule has 1 saturated heterocycles. The summed E-state index contributed by atoms with van der Waals surface area (Å²) in [5.41, 5.74) is 0. The Morgan fingerprint density at radius 1 is 1.62 bits per heavy atom. The van der Waals surface area contributed by atoms with Crippen molar-refractivity contribution in [2.45, 2.75) is 45.7 Å². The van der Waals surface area contributed by atoms with Gasteiger partial charge in [-0.1, -0.05) is 0 Å². The average Bonchev–Trinajstić information content (AvgIpc) is 2.26. The second-order valence-electron chi connectivity index (χ2n) is 4.65. The highest BCUT2D eigenvalue weighted by molar-refractivity contribution is 5.79. The maximum atomic E-state index is 11.9. The van der Waals surface area contributed by atoms with Crippen molar-refractivity contribution in [1.82, 2.24) is 10.6 Å². The van der Waals surface area contributed by atoms with Crippen molar-refractivity contribution < 1.29 is 9.53 Å².